The molecule has 0 bridgehead atoms. The molecule has 1 N–H and O–H groups in total. The Kier molecular flexibility index (Phi) is 5.66. The van der Waals surface area contributed by atoms with Crippen LogP contribution in [-0.2, 0) is 9.53 Å². The smallest absolute Gasteiger partial charge is 0.321 e. The zero-order valence-corrected chi connectivity index (χ0v) is 15.5. The summed E-state index contributed by atoms with van der Waals surface area (Å²) in [5.41, 5.74) is 0.196. The number of methoxy groups -OCH3 is 2. The number of hydrogen-bond acceptors (Lipinski definition) is 4. The maximum Gasteiger partial charge on any atom is 0.321 e. The molecule has 3 amide bonds. The van der Waals surface area contributed by atoms with E-state index in [-0.39, 0.29) is 11.9 Å². The highest BCUT2D eigenvalue weighted by Gasteiger charge is 2.49. The second kappa shape index (κ2) is 7.95. The van der Waals surface area contributed by atoms with Crippen molar-refractivity contribution in [1.82, 2.24) is 9.80 Å². The predicted octanol–water partition coefficient (Wildman–Crippen LogP) is 2.19. The Bertz CT molecular complexity index is 666. The van der Waals surface area contributed by atoms with Crippen LogP contribution in [0.15, 0.2) is 24.3 Å². The third-order valence-electron chi connectivity index (χ3n) is 5.38. The summed E-state index contributed by atoms with van der Waals surface area (Å²) in [6.07, 6.45) is 2.53. The number of nitrogens with zero attached hydrogens (tertiary/aromatic N) is 2. The number of para-hydroxylation sites is 2. The van der Waals surface area contributed by atoms with Gasteiger partial charge in [-0.1, -0.05) is 12.1 Å². The fourth-order valence-electron chi connectivity index (χ4n) is 3.93. The van der Waals surface area contributed by atoms with E-state index in [9.17, 15) is 9.59 Å². The maximum absolute atomic E-state index is 13.0. The highest BCUT2D eigenvalue weighted by Crippen LogP contribution is 2.40. The molecule has 2 aliphatic heterocycles. The Morgan fingerprint density at radius 3 is 2.81 bits per heavy atom. The highest BCUT2D eigenvalue weighted by atomic mass is 16.5. The molecule has 2 heterocycles. The standard InChI is InChI=1S/C19H27N3O4/c1-25-13-12-21-10-5-8-19(17(21)23)9-11-22(14-19)18(24)20-15-6-3-4-7-16(15)26-2/h3-4,6-7H,5,8-14H2,1-2H3,(H,20,24). The van der Waals surface area contributed by atoms with E-state index in [0.29, 0.717) is 44.1 Å². The van der Waals surface area contributed by atoms with Crippen molar-refractivity contribution >= 4 is 17.6 Å². The van der Waals surface area contributed by atoms with E-state index in [0.717, 1.165) is 19.4 Å². The van der Waals surface area contributed by atoms with Crippen molar-refractivity contribution in [2.45, 2.75) is 19.3 Å². The highest BCUT2D eigenvalue weighted by molar-refractivity contribution is 5.92. The van der Waals surface area contributed by atoms with Gasteiger partial charge in [-0.25, -0.2) is 4.79 Å². The average molecular weight is 361 g/mol. The van der Waals surface area contributed by atoms with Crippen molar-refractivity contribution in [3.8, 4) is 5.75 Å². The molecule has 142 valence electrons. The molecule has 0 saturated carbocycles. The van der Waals surface area contributed by atoms with Crippen LogP contribution in [0.4, 0.5) is 10.5 Å². The van der Waals surface area contributed by atoms with Gasteiger partial charge in [-0.3, -0.25) is 4.79 Å². The lowest BCUT2D eigenvalue weighted by Gasteiger charge is -2.39. The van der Waals surface area contributed by atoms with Crippen LogP contribution >= 0.6 is 0 Å². The number of amides is 3. The molecule has 1 unspecified atom stereocenters. The van der Waals surface area contributed by atoms with Crippen LogP contribution in [0.5, 0.6) is 5.75 Å². The van der Waals surface area contributed by atoms with Crippen molar-refractivity contribution in [1.29, 1.82) is 0 Å². The van der Waals surface area contributed by atoms with E-state index in [1.54, 1.807) is 31.3 Å². The lowest BCUT2D eigenvalue weighted by atomic mass is 9.78. The largest absolute Gasteiger partial charge is 0.495 e. The Hall–Kier alpha value is -2.28. The van der Waals surface area contributed by atoms with Crippen LogP contribution in [0.3, 0.4) is 0 Å². The zero-order valence-electron chi connectivity index (χ0n) is 15.5. The number of likely N-dealkylation sites (tertiary alicyclic amines) is 2. The molecule has 0 radical (unpaired) electrons. The van der Waals surface area contributed by atoms with Crippen molar-refractivity contribution in [3.05, 3.63) is 24.3 Å². The topological polar surface area (TPSA) is 71.1 Å². The van der Waals surface area contributed by atoms with Crippen molar-refractivity contribution in [3.63, 3.8) is 0 Å². The van der Waals surface area contributed by atoms with Crippen LogP contribution < -0.4 is 10.1 Å². The van der Waals surface area contributed by atoms with Gasteiger partial charge in [0, 0.05) is 33.3 Å². The summed E-state index contributed by atoms with van der Waals surface area (Å²) in [5, 5.41) is 2.90. The van der Waals surface area contributed by atoms with Gasteiger partial charge in [0.1, 0.15) is 5.75 Å². The van der Waals surface area contributed by atoms with Gasteiger partial charge in [-0.15, -0.1) is 0 Å². The van der Waals surface area contributed by atoms with Crippen LogP contribution in [0, 0.1) is 5.41 Å². The summed E-state index contributed by atoms with van der Waals surface area (Å²) in [4.78, 5) is 29.3. The van der Waals surface area contributed by atoms with E-state index in [1.807, 2.05) is 17.0 Å². The molecule has 1 atom stereocenters. The number of benzene rings is 1. The molecule has 2 aliphatic rings. The van der Waals surface area contributed by atoms with Gasteiger partial charge < -0.3 is 24.6 Å². The third kappa shape index (κ3) is 3.62. The Balaban J connectivity index is 1.65. The van der Waals surface area contributed by atoms with Crippen molar-refractivity contribution in [2.24, 2.45) is 5.41 Å². The molecular weight excluding hydrogens is 334 g/mol. The Labute approximate surface area is 154 Å². The number of urea groups is 1. The monoisotopic (exact) mass is 361 g/mol. The van der Waals surface area contributed by atoms with Gasteiger partial charge in [0.2, 0.25) is 5.91 Å². The second-order valence-corrected chi connectivity index (χ2v) is 6.97. The normalized spacial score (nSPS) is 22.8. The first-order chi connectivity index (χ1) is 12.6. The summed E-state index contributed by atoms with van der Waals surface area (Å²) >= 11 is 0. The predicted molar refractivity (Wildman–Crippen MR) is 98.3 cm³/mol. The quantitative estimate of drug-likeness (QED) is 0.873. The number of hydrogen-bond donors (Lipinski definition) is 1. The number of carbonyl (C=O) groups excluding carboxylic acids is 2. The van der Waals surface area contributed by atoms with Crippen molar-refractivity contribution in [2.75, 3.05) is 52.3 Å². The number of anilines is 1. The molecule has 3 rings (SSSR count). The lowest BCUT2D eigenvalue weighted by Crippen LogP contribution is -2.51. The number of nitrogens with one attached hydrogen (secondary N) is 1. The minimum atomic E-state index is -0.440. The molecule has 7 heteroatoms. The summed E-state index contributed by atoms with van der Waals surface area (Å²) in [6.45, 7) is 2.99. The molecular formula is C19H27N3O4. The first-order valence-electron chi connectivity index (χ1n) is 9.07. The van der Waals surface area contributed by atoms with Gasteiger partial charge in [0.15, 0.2) is 0 Å². The van der Waals surface area contributed by atoms with Crippen LogP contribution in [0.1, 0.15) is 19.3 Å². The number of ether oxygens (including phenoxy) is 2. The Morgan fingerprint density at radius 1 is 1.23 bits per heavy atom. The van der Waals surface area contributed by atoms with Gasteiger partial charge >= 0.3 is 6.03 Å². The summed E-state index contributed by atoms with van der Waals surface area (Å²) in [6, 6.07) is 7.13. The molecule has 0 aromatic heterocycles. The summed E-state index contributed by atoms with van der Waals surface area (Å²) in [7, 11) is 3.22. The first kappa shape index (κ1) is 18.5. The number of piperidine rings is 1. The zero-order chi connectivity index (χ0) is 18.6. The first-order valence-corrected chi connectivity index (χ1v) is 9.07. The molecule has 2 fully saturated rings. The van der Waals surface area contributed by atoms with E-state index in [1.165, 1.54) is 0 Å². The molecule has 1 aromatic carbocycles. The summed E-state index contributed by atoms with van der Waals surface area (Å²) in [5.74, 6) is 0.780. The van der Waals surface area contributed by atoms with Gasteiger partial charge in [-0.05, 0) is 31.4 Å². The minimum absolute atomic E-state index is 0.161. The van der Waals surface area contributed by atoms with Crippen LogP contribution in [0.2, 0.25) is 0 Å². The van der Waals surface area contributed by atoms with Gasteiger partial charge in [-0.2, -0.15) is 0 Å². The summed E-state index contributed by atoms with van der Waals surface area (Å²) < 4.78 is 10.4. The molecule has 0 aliphatic carbocycles. The second-order valence-electron chi connectivity index (χ2n) is 6.97. The molecule has 2 saturated heterocycles. The van der Waals surface area contributed by atoms with E-state index in [2.05, 4.69) is 5.32 Å². The molecule has 7 nitrogen and oxygen atoms in total. The van der Waals surface area contributed by atoms with E-state index >= 15 is 0 Å². The minimum Gasteiger partial charge on any atom is -0.495 e. The average Bonchev–Trinajstić information content (AvgIpc) is 3.09. The van der Waals surface area contributed by atoms with Crippen LogP contribution in [-0.4, -0.2) is 68.7 Å². The van der Waals surface area contributed by atoms with Crippen molar-refractivity contribution < 1.29 is 19.1 Å². The number of rotatable bonds is 5. The van der Waals surface area contributed by atoms with Crippen LogP contribution in [0.25, 0.3) is 0 Å². The van der Waals surface area contributed by atoms with Gasteiger partial charge in [0.05, 0.1) is 24.8 Å². The van der Waals surface area contributed by atoms with Gasteiger partial charge in [0.25, 0.3) is 0 Å². The third-order valence-corrected chi connectivity index (χ3v) is 5.38. The fourth-order valence-corrected chi connectivity index (χ4v) is 3.93. The SMILES string of the molecule is COCCN1CCCC2(CCN(C(=O)Nc3ccccc3OC)C2)C1=O. The fraction of sp³-hybridized carbons (Fsp3) is 0.579. The van der Waals surface area contributed by atoms with E-state index in [4.69, 9.17) is 9.47 Å². The lowest BCUT2D eigenvalue weighted by molar-refractivity contribution is -0.146. The number of carbonyl (C=O) groups is 2. The molecule has 1 spiro atoms. The van der Waals surface area contributed by atoms with E-state index < -0.39 is 5.41 Å². The molecule has 26 heavy (non-hydrogen) atoms. The molecule has 1 aromatic rings. The maximum atomic E-state index is 13.0. The Morgan fingerprint density at radius 2 is 2.04 bits per heavy atom.